The molecule has 2 aromatic carbocycles. The number of benzene rings is 2. The molecule has 0 unspecified atom stereocenters. The molecule has 0 aliphatic rings. The van der Waals surface area contributed by atoms with E-state index in [0.29, 0.717) is 13.0 Å². The van der Waals surface area contributed by atoms with Crippen LogP contribution in [0.2, 0.25) is 0 Å². The van der Waals surface area contributed by atoms with Gasteiger partial charge in [-0.2, -0.15) is 0 Å². The highest BCUT2D eigenvalue weighted by Crippen LogP contribution is 2.15. The summed E-state index contributed by atoms with van der Waals surface area (Å²) in [6, 6.07) is 13.5. The van der Waals surface area contributed by atoms with Crippen LogP contribution in [0.1, 0.15) is 27.9 Å². The molecule has 0 aromatic heterocycles. The van der Waals surface area contributed by atoms with Crippen LogP contribution in [0.4, 0.5) is 5.69 Å². The Morgan fingerprint density at radius 3 is 2.24 bits per heavy atom. The summed E-state index contributed by atoms with van der Waals surface area (Å²) in [7, 11) is 1.62. The minimum Gasteiger partial charge on any atom is -0.497 e. The maximum Gasteiger partial charge on any atom is 0.164 e. The quantitative estimate of drug-likeness (QED) is 0.814. The Kier molecular flexibility index (Phi) is 4.99. The summed E-state index contributed by atoms with van der Waals surface area (Å²) in [4.78, 5) is 12.1. The number of hydrogen-bond acceptors (Lipinski definition) is 3. The normalized spacial score (nSPS) is 10.2. The third-order valence-corrected chi connectivity index (χ3v) is 3.31. The van der Waals surface area contributed by atoms with Crippen molar-refractivity contribution in [3.05, 3.63) is 59.2 Å². The number of ether oxygens (including phenoxy) is 1. The highest BCUT2D eigenvalue weighted by atomic mass is 16.5. The van der Waals surface area contributed by atoms with E-state index >= 15 is 0 Å². The summed E-state index contributed by atoms with van der Waals surface area (Å²) in [5, 5.41) is 3.30. The van der Waals surface area contributed by atoms with Gasteiger partial charge in [0, 0.05) is 24.2 Å². The summed E-state index contributed by atoms with van der Waals surface area (Å²) in [6.45, 7) is 4.77. The van der Waals surface area contributed by atoms with Gasteiger partial charge in [0.25, 0.3) is 0 Å². The van der Waals surface area contributed by atoms with Gasteiger partial charge in [-0.25, -0.2) is 0 Å². The monoisotopic (exact) mass is 283 g/mol. The SMILES string of the molecule is COc1ccc(C(=O)CCNc2cc(C)cc(C)c2)cc1. The fourth-order valence-corrected chi connectivity index (χ4v) is 2.32. The van der Waals surface area contributed by atoms with Crippen LogP contribution >= 0.6 is 0 Å². The van der Waals surface area contributed by atoms with E-state index in [1.165, 1.54) is 11.1 Å². The lowest BCUT2D eigenvalue weighted by Crippen LogP contribution is -2.09. The van der Waals surface area contributed by atoms with Gasteiger partial charge in [0.05, 0.1) is 7.11 Å². The number of anilines is 1. The van der Waals surface area contributed by atoms with Gasteiger partial charge in [-0.3, -0.25) is 4.79 Å². The molecule has 0 saturated heterocycles. The predicted octanol–water partition coefficient (Wildman–Crippen LogP) is 4.00. The van der Waals surface area contributed by atoms with Crippen LogP contribution in [0.5, 0.6) is 5.75 Å². The van der Waals surface area contributed by atoms with Crippen molar-refractivity contribution in [2.75, 3.05) is 19.0 Å². The van der Waals surface area contributed by atoms with Crippen molar-refractivity contribution in [1.82, 2.24) is 0 Å². The van der Waals surface area contributed by atoms with Gasteiger partial charge in [0.1, 0.15) is 5.75 Å². The number of rotatable bonds is 6. The number of Topliss-reactive ketones (excluding diaryl/α,β-unsaturated/α-hetero) is 1. The molecule has 3 nitrogen and oxygen atoms in total. The first-order chi connectivity index (χ1) is 10.1. The summed E-state index contributed by atoms with van der Waals surface area (Å²) in [5.41, 5.74) is 4.23. The molecular weight excluding hydrogens is 262 g/mol. The maximum atomic E-state index is 12.1. The number of carbonyl (C=O) groups excluding carboxylic acids is 1. The summed E-state index contributed by atoms with van der Waals surface area (Å²) in [5.74, 6) is 0.898. The standard InChI is InChI=1S/C18H21NO2/c1-13-10-14(2)12-16(11-13)19-9-8-18(20)15-4-6-17(21-3)7-5-15/h4-7,10-12,19H,8-9H2,1-3H3. The van der Waals surface area contributed by atoms with Gasteiger partial charge in [0.2, 0.25) is 0 Å². The van der Waals surface area contributed by atoms with Crippen molar-refractivity contribution in [2.24, 2.45) is 0 Å². The molecule has 0 radical (unpaired) electrons. The van der Waals surface area contributed by atoms with Crippen molar-refractivity contribution >= 4 is 11.5 Å². The van der Waals surface area contributed by atoms with Gasteiger partial charge in [-0.15, -0.1) is 0 Å². The molecule has 0 fully saturated rings. The zero-order chi connectivity index (χ0) is 15.2. The van der Waals surface area contributed by atoms with Gasteiger partial charge >= 0.3 is 0 Å². The Balaban J connectivity index is 1.88. The fraction of sp³-hybridized carbons (Fsp3) is 0.278. The molecule has 0 heterocycles. The molecule has 3 heteroatoms. The fourth-order valence-electron chi connectivity index (χ4n) is 2.32. The third-order valence-electron chi connectivity index (χ3n) is 3.31. The Morgan fingerprint density at radius 1 is 1.05 bits per heavy atom. The topological polar surface area (TPSA) is 38.3 Å². The molecule has 2 rings (SSSR count). The molecule has 0 aliphatic heterocycles. The first-order valence-corrected chi connectivity index (χ1v) is 7.08. The van der Waals surface area contributed by atoms with E-state index in [0.717, 1.165) is 17.0 Å². The van der Waals surface area contributed by atoms with E-state index in [4.69, 9.17) is 4.74 Å². The molecule has 0 spiro atoms. The van der Waals surface area contributed by atoms with Crippen LogP contribution < -0.4 is 10.1 Å². The number of aryl methyl sites for hydroxylation is 2. The highest BCUT2D eigenvalue weighted by molar-refractivity contribution is 5.96. The lowest BCUT2D eigenvalue weighted by Gasteiger charge is -2.08. The second-order valence-electron chi connectivity index (χ2n) is 5.20. The molecule has 110 valence electrons. The minimum atomic E-state index is 0.134. The van der Waals surface area contributed by atoms with E-state index in [2.05, 4.69) is 37.4 Å². The Labute approximate surface area is 126 Å². The Hall–Kier alpha value is -2.29. The molecule has 0 atom stereocenters. The van der Waals surface area contributed by atoms with Crippen LogP contribution in [-0.4, -0.2) is 19.4 Å². The number of nitrogens with one attached hydrogen (secondary N) is 1. The summed E-state index contributed by atoms with van der Waals surface area (Å²) >= 11 is 0. The second kappa shape index (κ2) is 6.93. The highest BCUT2D eigenvalue weighted by Gasteiger charge is 2.05. The van der Waals surface area contributed by atoms with E-state index in [-0.39, 0.29) is 5.78 Å². The van der Waals surface area contributed by atoms with Gasteiger partial charge < -0.3 is 10.1 Å². The summed E-state index contributed by atoms with van der Waals surface area (Å²) < 4.78 is 5.09. The first kappa shape index (κ1) is 15.1. The number of ketones is 1. The molecule has 2 aromatic rings. The van der Waals surface area contributed by atoms with E-state index in [1.807, 2.05) is 12.1 Å². The molecule has 0 bridgehead atoms. The average Bonchev–Trinajstić information content (AvgIpc) is 2.46. The smallest absolute Gasteiger partial charge is 0.164 e. The largest absolute Gasteiger partial charge is 0.497 e. The van der Waals surface area contributed by atoms with Crippen molar-refractivity contribution in [3.63, 3.8) is 0 Å². The van der Waals surface area contributed by atoms with Crippen LogP contribution in [0.25, 0.3) is 0 Å². The van der Waals surface area contributed by atoms with Crippen molar-refractivity contribution < 1.29 is 9.53 Å². The first-order valence-electron chi connectivity index (χ1n) is 7.08. The molecule has 0 saturated carbocycles. The Morgan fingerprint density at radius 2 is 1.67 bits per heavy atom. The predicted molar refractivity (Wildman–Crippen MR) is 86.3 cm³/mol. The van der Waals surface area contributed by atoms with Gasteiger partial charge in [-0.05, 0) is 61.4 Å². The van der Waals surface area contributed by atoms with Crippen LogP contribution in [0.3, 0.4) is 0 Å². The van der Waals surface area contributed by atoms with Crippen molar-refractivity contribution in [3.8, 4) is 5.75 Å². The average molecular weight is 283 g/mol. The van der Waals surface area contributed by atoms with Crippen molar-refractivity contribution in [1.29, 1.82) is 0 Å². The number of hydrogen-bond donors (Lipinski definition) is 1. The Bertz CT molecular complexity index is 597. The maximum absolute atomic E-state index is 12.1. The van der Waals surface area contributed by atoms with Crippen LogP contribution in [0, 0.1) is 13.8 Å². The number of carbonyl (C=O) groups is 1. The lowest BCUT2D eigenvalue weighted by molar-refractivity contribution is 0.0986. The van der Waals surface area contributed by atoms with Crippen LogP contribution in [-0.2, 0) is 0 Å². The number of methoxy groups -OCH3 is 1. The molecule has 0 aliphatic carbocycles. The third kappa shape index (κ3) is 4.35. The zero-order valence-electron chi connectivity index (χ0n) is 12.8. The van der Waals surface area contributed by atoms with Crippen molar-refractivity contribution in [2.45, 2.75) is 20.3 Å². The van der Waals surface area contributed by atoms with Crippen LogP contribution in [0.15, 0.2) is 42.5 Å². The molecule has 0 amide bonds. The minimum absolute atomic E-state index is 0.134. The van der Waals surface area contributed by atoms with E-state index in [9.17, 15) is 4.79 Å². The lowest BCUT2D eigenvalue weighted by atomic mass is 10.1. The zero-order valence-corrected chi connectivity index (χ0v) is 12.8. The van der Waals surface area contributed by atoms with E-state index < -0.39 is 0 Å². The molecular formula is C18H21NO2. The van der Waals surface area contributed by atoms with E-state index in [1.54, 1.807) is 19.2 Å². The summed E-state index contributed by atoms with van der Waals surface area (Å²) in [6.07, 6.45) is 0.472. The molecule has 21 heavy (non-hydrogen) atoms. The van der Waals surface area contributed by atoms with Gasteiger partial charge in [0.15, 0.2) is 5.78 Å². The van der Waals surface area contributed by atoms with Gasteiger partial charge in [-0.1, -0.05) is 6.07 Å². The second-order valence-corrected chi connectivity index (χ2v) is 5.20. The molecule has 1 N–H and O–H groups in total.